The Labute approximate surface area is 196 Å². The quantitative estimate of drug-likeness (QED) is 0.467. The Morgan fingerprint density at radius 1 is 1.03 bits per heavy atom. The zero-order valence-electron chi connectivity index (χ0n) is 18.6. The van der Waals surface area contributed by atoms with Gasteiger partial charge in [0.25, 0.3) is 5.56 Å². The maximum Gasteiger partial charge on any atom is 0.435 e. The molecule has 1 aliphatic heterocycles. The van der Waals surface area contributed by atoms with E-state index in [1.54, 1.807) is 12.3 Å². The molecular weight excluding hydrogens is 463 g/mol. The van der Waals surface area contributed by atoms with Crippen molar-refractivity contribution in [2.75, 3.05) is 13.1 Å². The van der Waals surface area contributed by atoms with Gasteiger partial charge in [-0.15, -0.1) is 10.2 Å². The minimum absolute atomic E-state index is 0.166. The van der Waals surface area contributed by atoms with Crippen molar-refractivity contribution in [1.29, 1.82) is 0 Å². The molecule has 0 saturated heterocycles. The van der Waals surface area contributed by atoms with Crippen LogP contribution in [0.4, 0.5) is 18.0 Å². The van der Waals surface area contributed by atoms with Gasteiger partial charge >= 0.3 is 12.3 Å². The van der Waals surface area contributed by atoms with Gasteiger partial charge in [-0.2, -0.15) is 13.2 Å². The molecule has 8 nitrogen and oxygen atoms in total. The molecule has 3 aromatic heterocycles. The van der Waals surface area contributed by atoms with Crippen LogP contribution in [0.15, 0.2) is 53.5 Å². The number of aryl methyl sites for hydroxylation is 1. The SMILES string of the molecule is Cn1c2c(c3ccc(-n4ccc(-c5ccc(C(F)(F)F)nn5)cc4=O)cc31)CCN(C(=O)O)CC2. The van der Waals surface area contributed by atoms with Crippen LogP contribution in [0.1, 0.15) is 17.0 Å². The van der Waals surface area contributed by atoms with Crippen LogP contribution in [0.2, 0.25) is 0 Å². The van der Waals surface area contributed by atoms with E-state index >= 15 is 0 Å². The van der Waals surface area contributed by atoms with Gasteiger partial charge in [0.05, 0.1) is 16.9 Å². The molecule has 4 aromatic rings. The topological polar surface area (TPSA) is 93.3 Å². The summed E-state index contributed by atoms with van der Waals surface area (Å²) in [4.78, 5) is 25.7. The lowest BCUT2D eigenvalue weighted by Crippen LogP contribution is -2.31. The normalized spacial score (nSPS) is 14.1. The highest BCUT2D eigenvalue weighted by atomic mass is 19.4. The standard InChI is InChI=1S/C24H20F3N5O3/c1-30-19-8-10-31(23(34)35)9-7-17(19)16-3-2-15(13-20(16)30)32-11-6-14(12-22(32)33)18-4-5-21(29-28-18)24(25,26)27/h2-6,11-13H,7-10H2,1H3,(H,34,35). The van der Waals surface area contributed by atoms with E-state index in [9.17, 15) is 27.9 Å². The number of carbonyl (C=O) groups is 1. The minimum atomic E-state index is -4.58. The van der Waals surface area contributed by atoms with Crippen molar-refractivity contribution in [3.8, 4) is 16.9 Å². The van der Waals surface area contributed by atoms with Crippen molar-refractivity contribution >= 4 is 17.0 Å². The first kappa shape index (κ1) is 22.6. The van der Waals surface area contributed by atoms with E-state index in [0.29, 0.717) is 37.2 Å². The highest BCUT2D eigenvalue weighted by molar-refractivity contribution is 5.87. The highest BCUT2D eigenvalue weighted by Gasteiger charge is 2.33. The maximum absolute atomic E-state index is 12.9. The number of nitrogens with zero attached hydrogens (tertiary/aromatic N) is 5. The Bertz CT molecular complexity index is 1510. The second-order valence-electron chi connectivity index (χ2n) is 8.38. The van der Waals surface area contributed by atoms with Crippen molar-refractivity contribution < 1.29 is 23.1 Å². The second-order valence-corrected chi connectivity index (χ2v) is 8.38. The average Bonchev–Trinajstić information content (AvgIpc) is 2.96. The number of pyridine rings is 1. The van der Waals surface area contributed by atoms with Gasteiger partial charge in [0.2, 0.25) is 0 Å². The predicted molar refractivity (Wildman–Crippen MR) is 122 cm³/mol. The molecule has 0 fully saturated rings. The first-order valence-corrected chi connectivity index (χ1v) is 10.9. The molecule has 180 valence electrons. The van der Waals surface area contributed by atoms with Crippen molar-refractivity contribution in [2.24, 2.45) is 7.05 Å². The fourth-order valence-electron chi connectivity index (χ4n) is 4.58. The van der Waals surface area contributed by atoms with Gasteiger partial charge in [-0.1, -0.05) is 6.07 Å². The smallest absolute Gasteiger partial charge is 0.435 e. The summed E-state index contributed by atoms with van der Waals surface area (Å²) in [5.74, 6) is 0. The molecule has 5 rings (SSSR count). The van der Waals surface area contributed by atoms with Crippen molar-refractivity contribution in [2.45, 2.75) is 19.0 Å². The molecular formula is C24H20F3N5O3. The monoisotopic (exact) mass is 483 g/mol. The molecule has 0 spiro atoms. The van der Waals surface area contributed by atoms with Gasteiger partial charge in [-0.25, -0.2) is 4.79 Å². The fourth-order valence-corrected chi connectivity index (χ4v) is 4.58. The minimum Gasteiger partial charge on any atom is -0.465 e. The Balaban J connectivity index is 1.48. The summed E-state index contributed by atoms with van der Waals surface area (Å²) in [5.41, 5.74) is 2.82. The number of hydrogen-bond acceptors (Lipinski definition) is 4. The molecule has 1 aromatic carbocycles. The molecule has 1 N–H and O–H groups in total. The lowest BCUT2D eigenvalue weighted by molar-refractivity contribution is -0.141. The lowest BCUT2D eigenvalue weighted by atomic mass is 10.1. The summed E-state index contributed by atoms with van der Waals surface area (Å²) in [6.07, 6.45) is -2.74. The highest BCUT2D eigenvalue weighted by Crippen LogP contribution is 2.30. The number of amides is 1. The number of hydrogen-bond donors (Lipinski definition) is 1. The van der Waals surface area contributed by atoms with E-state index in [0.717, 1.165) is 28.2 Å². The fraction of sp³-hybridized carbons (Fsp3) is 0.250. The molecule has 1 aliphatic rings. The summed E-state index contributed by atoms with van der Waals surface area (Å²) < 4.78 is 41.7. The molecule has 0 atom stereocenters. The molecule has 11 heteroatoms. The Morgan fingerprint density at radius 3 is 2.46 bits per heavy atom. The van der Waals surface area contributed by atoms with E-state index in [1.807, 2.05) is 29.8 Å². The number of carboxylic acid groups (broad SMARTS) is 1. The molecule has 0 unspecified atom stereocenters. The Kier molecular flexibility index (Phi) is 5.34. The number of aromatic nitrogens is 4. The summed E-state index contributed by atoms with van der Waals surface area (Å²) >= 11 is 0. The summed E-state index contributed by atoms with van der Waals surface area (Å²) in [6, 6.07) is 10.6. The van der Waals surface area contributed by atoms with Gasteiger partial charge in [0.1, 0.15) is 0 Å². The zero-order valence-corrected chi connectivity index (χ0v) is 18.6. The lowest BCUT2D eigenvalue weighted by Gasteiger charge is -2.16. The number of benzene rings is 1. The summed E-state index contributed by atoms with van der Waals surface area (Å²) in [6.45, 7) is 0.851. The van der Waals surface area contributed by atoms with Crippen LogP contribution in [-0.4, -0.2) is 48.5 Å². The van der Waals surface area contributed by atoms with Crippen LogP contribution in [-0.2, 0) is 26.1 Å². The van der Waals surface area contributed by atoms with Crippen molar-refractivity contribution in [3.05, 3.63) is 76.0 Å². The molecule has 0 aliphatic carbocycles. The molecule has 0 bridgehead atoms. The average molecular weight is 483 g/mol. The third-order valence-corrected chi connectivity index (χ3v) is 6.39. The van der Waals surface area contributed by atoms with Crippen molar-refractivity contribution in [1.82, 2.24) is 24.2 Å². The third-order valence-electron chi connectivity index (χ3n) is 6.39. The third kappa shape index (κ3) is 4.02. The van der Waals surface area contributed by atoms with E-state index in [-0.39, 0.29) is 11.3 Å². The maximum atomic E-state index is 12.9. The van der Waals surface area contributed by atoms with E-state index in [2.05, 4.69) is 10.2 Å². The Hall–Kier alpha value is -4.15. The Morgan fingerprint density at radius 2 is 1.80 bits per heavy atom. The van der Waals surface area contributed by atoms with Crippen molar-refractivity contribution in [3.63, 3.8) is 0 Å². The van der Waals surface area contributed by atoms with Crippen LogP contribution >= 0.6 is 0 Å². The molecule has 0 saturated carbocycles. The van der Waals surface area contributed by atoms with E-state index in [1.165, 1.54) is 21.6 Å². The number of halogens is 3. The molecule has 0 radical (unpaired) electrons. The summed E-state index contributed by atoms with van der Waals surface area (Å²) in [5, 5.41) is 17.2. The van der Waals surface area contributed by atoms with Gasteiger partial charge in [0.15, 0.2) is 5.69 Å². The van der Waals surface area contributed by atoms with Gasteiger partial charge in [0, 0.05) is 55.5 Å². The van der Waals surface area contributed by atoms with Crippen LogP contribution in [0.3, 0.4) is 0 Å². The van der Waals surface area contributed by atoms with Crippen LogP contribution < -0.4 is 5.56 Å². The second kappa shape index (κ2) is 8.26. The van der Waals surface area contributed by atoms with Gasteiger partial charge < -0.3 is 14.6 Å². The number of fused-ring (bicyclic) bond motifs is 3. The summed E-state index contributed by atoms with van der Waals surface area (Å²) in [7, 11) is 1.93. The first-order valence-electron chi connectivity index (χ1n) is 10.9. The molecule has 35 heavy (non-hydrogen) atoms. The zero-order chi connectivity index (χ0) is 24.9. The first-order chi connectivity index (χ1) is 16.6. The largest absolute Gasteiger partial charge is 0.465 e. The number of rotatable bonds is 2. The molecule has 4 heterocycles. The van der Waals surface area contributed by atoms with Crippen LogP contribution in [0, 0.1) is 0 Å². The predicted octanol–water partition coefficient (Wildman–Crippen LogP) is 3.88. The van der Waals surface area contributed by atoms with Crippen LogP contribution in [0.5, 0.6) is 0 Å². The van der Waals surface area contributed by atoms with Gasteiger partial charge in [-0.3, -0.25) is 9.36 Å². The van der Waals surface area contributed by atoms with Crippen LogP contribution in [0.25, 0.3) is 27.8 Å². The van der Waals surface area contributed by atoms with Gasteiger partial charge in [-0.05, 0) is 42.3 Å². The number of alkyl halides is 3. The van der Waals surface area contributed by atoms with E-state index < -0.39 is 18.0 Å². The molecule has 1 amide bonds. The van der Waals surface area contributed by atoms with E-state index in [4.69, 9.17) is 0 Å².